The molecule has 30 heavy (non-hydrogen) atoms. The van der Waals surface area contributed by atoms with E-state index in [9.17, 15) is 9.18 Å². The number of amides is 1. The number of thiophene rings is 1. The zero-order valence-corrected chi connectivity index (χ0v) is 17.7. The van der Waals surface area contributed by atoms with Gasteiger partial charge >= 0.3 is 0 Å². The number of benzene rings is 2. The Hall–Kier alpha value is -2.66. The molecule has 0 fully saturated rings. The lowest BCUT2D eigenvalue weighted by Crippen LogP contribution is -2.23. The van der Waals surface area contributed by atoms with Crippen LogP contribution >= 0.6 is 11.3 Å². The van der Waals surface area contributed by atoms with Gasteiger partial charge in [-0.3, -0.25) is 4.79 Å². The zero-order chi connectivity index (χ0) is 20.7. The minimum Gasteiger partial charge on any atom is -0.489 e. The van der Waals surface area contributed by atoms with Crippen molar-refractivity contribution in [2.75, 3.05) is 5.32 Å². The Morgan fingerprint density at radius 2 is 1.87 bits per heavy atom. The highest BCUT2D eigenvalue weighted by Crippen LogP contribution is 2.48. The van der Waals surface area contributed by atoms with E-state index >= 15 is 0 Å². The second kappa shape index (κ2) is 7.88. The van der Waals surface area contributed by atoms with Crippen LogP contribution in [-0.4, -0.2) is 5.91 Å². The third-order valence-electron chi connectivity index (χ3n) is 6.14. The van der Waals surface area contributed by atoms with Crippen molar-refractivity contribution in [2.45, 2.75) is 45.1 Å². The molecule has 0 spiro atoms. The third-order valence-corrected chi connectivity index (χ3v) is 7.33. The van der Waals surface area contributed by atoms with E-state index in [2.05, 4.69) is 24.4 Å². The first-order valence-corrected chi connectivity index (χ1v) is 11.3. The maximum atomic E-state index is 13.0. The van der Waals surface area contributed by atoms with Gasteiger partial charge in [0.05, 0.1) is 5.00 Å². The molecule has 0 bridgehead atoms. The summed E-state index contributed by atoms with van der Waals surface area (Å²) in [7, 11) is 0. The first-order valence-electron chi connectivity index (χ1n) is 10.5. The molecule has 0 radical (unpaired) electrons. The third kappa shape index (κ3) is 3.74. The average Bonchev–Trinajstić information content (AvgIpc) is 3.10. The molecule has 1 aliphatic heterocycles. The second-order valence-corrected chi connectivity index (χ2v) is 9.49. The molecule has 1 aliphatic carbocycles. The van der Waals surface area contributed by atoms with Gasteiger partial charge in [-0.05, 0) is 71.7 Å². The first kappa shape index (κ1) is 19.3. The van der Waals surface area contributed by atoms with Crippen molar-refractivity contribution in [3.8, 4) is 5.75 Å². The highest BCUT2D eigenvalue weighted by Gasteiger charge is 2.34. The van der Waals surface area contributed by atoms with Crippen molar-refractivity contribution < 1.29 is 13.9 Å². The Kier molecular flexibility index (Phi) is 5.07. The van der Waals surface area contributed by atoms with Crippen LogP contribution in [0.15, 0.2) is 48.5 Å². The van der Waals surface area contributed by atoms with Crippen LogP contribution in [0.4, 0.5) is 9.39 Å². The highest BCUT2D eigenvalue weighted by atomic mass is 32.1. The van der Waals surface area contributed by atoms with Gasteiger partial charge in [-0.2, -0.15) is 0 Å². The molecule has 3 aromatic rings. The van der Waals surface area contributed by atoms with Crippen LogP contribution in [0.3, 0.4) is 0 Å². The van der Waals surface area contributed by atoms with Gasteiger partial charge in [0.25, 0.3) is 0 Å². The molecule has 2 unspecified atom stereocenters. The number of ether oxygens (including phenoxy) is 1. The lowest BCUT2D eigenvalue weighted by molar-refractivity contribution is -0.116. The number of carbonyl (C=O) groups excluding carboxylic acids is 1. The smallest absolute Gasteiger partial charge is 0.225 e. The summed E-state index contributed by atoms with van der Waals surface area (Å²) < 4.78 is 18.9. The molecule has 0 saturated carbocycles. The quantitative estimate of drug-likeness (QED) is 0.556. The minimum atomic E-state index is -0.246. The predicted octanol–water partition coefficient (Wildman–Crippen LogP) is 6.07. The van der Waals surface area contributed by atoms with E-state index in [1.165, 1.54) is 34.6 Å². The van der Waals surface area contributed by atoms with Crippen molar-refractivity contribution in [3.63, 3.8) is 0 Å². The van der Waals surface area contributed by atoms with E-state index < -0.39 is 0 Å². The Balaban J connectivity index is 1.37. The van der Waals surface area contributed by atoms with E-state index in [0.717, 1.165) is 34.7 Å². The molecular formula is C25H24FNO2S. The average molecular weight is 422 g/mol. The lowest BCUT2D eigenvalue weighted by atomic mass is 9.80. The summed E-state index contributed by atoms with van der Waals surface area (Å²) in [4.78, 5) is 13.8. The first-order chi connectivity index (χ1) is 14.6. The Morgan fingerprint density at radius 1 is 1.10 bits per heavy atom. The fourth-order valence-corrected chi connectivity index (χ4v) is 6.02. The molecule has 2 aromatic carbocycles. The maximum Gasteiger partial charge on any atom is 0.225 e. The summed E-state index contributed by atoms with van der Waals surface area (Å²) in [6.07, 6.45) is 3.92. The summed E-state index contributed by atoms with van der Waals surface area (Å²) in [5.41, 5.74) is 4.88. The van der Waals surface area contributed by atoms with E-state index in [-0.39, 0.29) is 17.6 Å². The van der Waals surface area contributed by atoms with Crippen molar-refractivity contribution in [3.05, 3.63) is 81.5 Å². The molecule has 2 aliphatic rings. The molecule has 2 atom stereocenters. The molecule has 3 nitrogen and oxygen atoms in total. The minimum absolute atomic E-state index is 0.0933. The fourth-order valence-electron chi connectivity index (χ4n) is 4.53. The van der Waals surface area contributed by atoms with Crippen LogP contribution < -0.4 is 10.1 Å². The fraction of sp³-hybridized carbons (Fsp3) is 0.320. The van der Waals surface area contributed by atoms with Crippen molar-refractivity contribution in [1.29, 1.82) is 0 Å². The van der Waals surface area contributed by atoms with Crippen LogP contribution in [0, 0.1) is 11.7 Å². The van der Waals surface area contributed by atoms with Gasteiger partial charge in [0.15, 0.2) is 0 Å². The lowest BCUT2D eigenvalue weighted by Gasteiger charge is -2.26. The summed E-state index contributed by atoms with van der Waals surface area (Å²) in [6, 6.07) is 14.4. The maximum absolute atomic E-state index is 13.0. The van der Waals surface area contributed by atoms with Crippen molar-refractivity contribution in [2.24, 2.45) is 5.92 Å². The standard InChI is InChI=1S/C25H24FNO2S/c1-15-2-11-20-22(12-15)30-25-24(20)21(13-23(28)27-25)17-5-9-19(10-6-17)29-14-16-3-7-18(26)8-4-16/h3-10,15,21H,2,11-14H2,1H3,(H,27,28). The SMILES string of the molecule is CC1CCc2c(sc3c2C(c2ccc(OCc4ccc(F)cc4)cc2)CC(=O)N3)C1. The van der Waals surface area contributed by atoms with Crippen molar-refractivity contribution >= 4 is 22.2 Å². The molecule has 5 rings (SSSR count). The Morgan fingerprint density at radius 3 is 2.63 bits per heavy atom. The van der Waals surface area contributed by atoms with E-state index in [1.807, 2.05) is 12.1 Å². The van der Waals surface area contributed by atoms with Gasteiger partial charge in [0, 0.05) is 17.2 Å². The second-order valence-electron chi connectivity index (χ2n) is 8.38. The van der Waals surface area contributed by atoms with E-state index in [1.54, 1.807) is 23.5 Å². The molecule has 1 amide bonds. The summed E-state index contributed by atoms with van der Waals surface area (Å²) in [5.74, 6) is 1.43. The number of rotatable bonds is 4. The normalized spacial score (nSPS) is 20.3. The topological polar surface area (TPSA) is 38.3 Å². The van der Waals surface area contributed by atoms with Gasteiger partial charge in [-0.1, -0.05) is 31.2 Å². The number of halogens is 1. The molecular weight excluding hydrogens is 397 g/mol. The number of nitrogens with one attached hydrogen (secondary N) is 1. The van der Waals surface area contributed by atoms with E-state index in [0.29, 0.717) is 18.9 Å². The molecule has 1 N–H and O–H groups in total. The summed E-state index contributed by atoms with van der Waals surface area (Å²) >= 11 is 1.77. The predicted molar refractivity (Wildman–Crippen MR) is 118 cm³/mol. The number of fused-ring (bicyclic) bond motifs is 3. The summed E-state index contributed by atoms with van der Waals surface area (Å²) in [6.45, 7) is 2.70. The zero-order valence-electron chi connectivity index (χ0n) is 16.9. The molecule has 5 heteroatoms. The Bertz CT molecular complexity index is 1070. The van der Waals surface area contributed by atoms with Crippen LogP contribution in [0.1, 0.15) is 52.8 Å². The highest BCUT2D eigenvalue weighted by molar-refractivity contribution is 7.16. The van der Waals surface area contributed by atoms with Crippen LogP contribution in [-0.2, 0) is 24.2 Å². The van der Waals surface area contributed by atoms with Crippen molar-refractivity contribution in [1.82, 2.24) is 0 Å². The van der Waals surface area contributed by atoms with Crippen LogP contribution in [0.5, 0.6) is 5.75 Å². The molecule has 0 saturated heterocycles. The monoisotopic (exact) mass is 421 g/mol. The van der Waals surface area contributed by atoms with Crippen LogP contribution in [0.2, 0.25) is 0 Å². The summed E-state index contributed by atoms with van der Waals surface area (Å²) in [5, 5.41) is 4.16. The van der Waals surface area contributed by atoms with Gasteiger partial charge < -0.3 is 10.1 Å². The van der Waals surface area contributed by atoms with Gasteiger partial charge in [-0.25, -0.2) is 4.39 Å². The Labute approximate surface area is 179 Å². The number of hydrogen-bond donors (Lipinski definition) is 1. The van der Waals surface area contributed by atoms with E-state index in [4.69, 9.17) is 4.74 Å². The van der Waals surface area contributed by atoms with Gasteiger partial charge in [0.2, 0.25) is 5.91 Å². The molecule has 1 aromatic heterocycles. The molecule has 2 heterocycles. The van der Waals surface area contributed by atoms with Gasteiger partial charge in [0.1, 0.15) is 18.2 Å². The van der Waals surface area contributed by atoms with Crippen LogP contribution in [0.25, 0.3) is 0 Å². The largest absolute Gasteiger partial charge is 0.489 e. The number of hydrogen-bond acceptors (Lipinski definition) is 3. The molecule has 154 valence electrons. The number of anilines is 1. The number of carbonyl (C=O) groups is 1. The van der Waals surface area contributed by atoms with Gasteiger partial charge in [-0.15, -0.1) is 11.3 Å².